The molecular weight excluding hydrogens is 154 g/mol. The second-order valence-corrected chi connectivity index (χ2v) is 2.42. The summed E-state index contributed by atoms with van der Waals surface area (Å²) in [5, 5.41) is 2.12. The summed E-state index contributed by atoms with van der Waals surface area (Å²) in [4.78, 5) is 12.3. The zero-order valence-corrected chi connectivity index (χ0v) is 6.02. The van der Waals surface area contributed by atoms with Crippen LogP contribution in [0.5, 0.6) is 0 Å². The van der Waals surface area contributed by atoms with Gasteiger partial charge in [0.1, 0.15) is 0 Å². The van der Waals surface area contributed by atoms with Crippen molar-refractivity contribution in [3.05, 3.63) is 0 Å². The molecule has 0 atom stereocenters. The van der Waals surface area contributed by atoms with Gasteiger partial charge in [0.05, 0.1) is 6.54 Å². The molecule has 2 amide bonds. The Morgan fingerprint density at radius 3 is 2.55 bits per heavy atom. The second-order valence-electron chi connectivity index (χ2n) is 2.42. The average molecular weight is 164 g/mol. The van der Waals surface area contributed by atoms with Crippen molar-refractivity contribution in [3.8, 4) is 0 Å². The van der Waals surface area contributed by atoms with E-state index in [1.807, 2.05) is 0 Å². The summed E-state index contributed by atoms with van der Waals surface area (Å²) in [6.45, 7) is 0.833. The lowest BCUT2D eigenvalue weighted by atomic mass is 10.2. The number of carbonyl (C=O) groups is 1. The first-order valence-corrected chi connectivity index (χ1v) is 3.51. The predicted octanol–water partition coefficient (Wildman–Crippen LogP) is 0.667. The first-order chi connectivity index (χ1) is 5.20. The number of halogens is 2. The molecule has 0 aromatic rings. The molecule has 1 N–H and O–H groups in total. The molecule has 3 nitrogen and oxygen atoms in total. The third-order valence-corrected chi connectivity index (χ3v) is 1.55. The van der Waals surface area contributed by atoms with Crippen LogP contribution in [0.3, 0.4) is 0 Å². The highest BCUT2D eigenvalue weighted by molar-refractivity contribution is 5.74. The van der Waals surface area contributed by atoms with E-state index in [1.54, 1.807) is 0 Å². The molecule has 0 aliphatic carbocycles. The molecule has 0 radical (unpaired) electrons. The zero-order valence-electron chi connectivity index (χ0n) is 6.02. The van der Waals surface area contributed by atoms with Crippen LogP contribution < -0.4 is 5.32 Å². The Morgan fingerprint density at radius 1 is 1.55 bits per heavy atom. The molecule has 0 saturated carbocycles. The summed E-state index contributed by atoms with van der Waals surface area (Å²) >= 11 is 0. The van der Waals surface area contributed by atoms with Crippen molar-refractivity contribution in [2.75, 3.05) is 19.6 Å². The number of hydrogen-bond acceptors (Lipinski definition) is 1. The van der Waals surface area contributed by atoms with Crippen LogP contribution in [0.1, 0.15) is 6.42 Å². The van der Waals surface area contributed by atoms with Gasteiger partial charge in [-0.2, -0.15) is 0 Å². The van der Waals surface area contributed by atoms with E-state index in [0.29, 0.717) is 13.1 Å². The lowest BCUT2D eigenvalue weighted by Crippen LogP contribution is -2.48. The molecule has 0 unspecified atom stereocenters. The fourth-order valence-electron chi connectivity index (χ4n) is 0.796. The maximum atomic E-state index is 11.5. The molecule has 11 heavy (non-hydrogen) atoms. The second kappa shape index (κ2) is 3.50. The van der Waals surface area contributed by atoms with Gasteiger partial charge in [-0.25, -0.2) is 13.6 Å². The standard InChI is InChI=1S/C6H10F2N2O/c7-5(8)4-9-6(11)10-2-1-3-10/h5H,1-4H2,(H,9,11). The van der Waals surface area contributed by atoms with Crippen LogP contribution in [0.4, 0.5) is 13.6 Å². The Morgan fingerprint density at radius 2 is 2.18 bits per heavy atom. The summed E-state index contributed by atoms with van der Waals surface area (Å²) in [6.07, 6.45) is -1.48. The molecule has 0 spiro atoms. The van der Waals surface area contributed by atoms with Gasteiger partial charge in [-0.15, -0.1) is 0 Å². The van der Waals surface area contributed by atoms with Gasteiger partial charge in [-0.1, -0.05) is 0 Å². The minimum absolute atomic E-state index is 0.378. The molecule has 0 aromatic heterocycles. The largest absolute Gasteiger partial charge is 0.332 e. The zero-order chi connectivity index (χ0) is 8.27. The molecule has 1 fully saturated rings. The van der Waals surface area contributed by atoms with Gasteiger partial charge in [0, 0.05) is 13.1 Å². The first kappa shape index (κ1) is 8.23. The van der Waals surface area contributed by atoms with E-state index in [0.717, 1.165) is 6.42 Å². The van der Waals surface area contributed by atoms with Crippen LogP contribution in [0.25, 0.3) is 0 Å². The predicted molar refractivity (Wildman–Crippen MR) is 35.6 cm³/mol. The van der Waals surface area contributed by atoms with Crippen LogP contribution in [-0.2, 0) is 0 Å². The van der Waals surface area contributed by atoms with Gasteiger partial charge >= 0.3 is 6.03 Å². The molecule has 1 aliphatic heterocycles. The number of amides is 2. The smallest absolute Gasteiger partial charge is 0.317 e. The number of rotatable bonds is 2. The fourth-order valence-corrected chi connectivity index (χ4v) is 0.796. The fraction of sp³-hybridized carbons (Fsp3) is 0.833. The van der Waals surface area contributed by atoms with Gasteiger partial charge in [0.25, 0.3) is 6.43 Å². The number of likely N-dealkylation sites (tertiary alicyclic amines) is 1. The number of carbonyl (C=O) groups excluding carboxylic acids is 1. The van der Waals surface area contributed by atoms with Crippen molar-refractivity contribution in [3.63, 3.8) is 0 Å². The molecule has 1 heterocycles. The highest BCUT2D eigenvalue weighted by atomic mass is 19.3. The summed E-state index contributed by atoms with van der Waals surface area (Å²) < 4.78 is 23.1. The van der Waals surface area contributed by atoms with Crippen molar-refractivity contribution >= 4 is 6.03 Å². The first-order valence-electron chi connectivity index (χ1n) is 3.51. The molecule has 1 rings (SSSR count). The van der Waals surface area contributed by atoms with Gasteiger partial charge in [-0.3, -0.25) is 0 Å². The molecule has 0 bridgehead atoms. The third-order valence-electron chi connectivity index (χ3n) is 1.55. The van der Waals surface area contributed by atoms with E-state index in [9.17, 15) is 13.6 Å². The maximum Gasteiger partial charge on any atom is 0.317 e. The van der Waals surface area contributed by atoms with Crippen molar-refractivity contribution < 1.29 is 13.6 Å². The third kappa shape index (κ3) is 2.32. The number of urea groups is 1. The quantitative estimate of drug-likeness (QED) is 0.639. The van der Waals surface area contributed by atoms with E-state index < -0.39 is 13.0 Å². The number of hydrogen-bond donors (Lipinski definition) is 1. The van der Waals surface area contributed by atoms with Crippen molar-refractivity contribution in [2.24, 2.45) is 0 Å². The lowest BCUT2D eigenvalue weighted by Gasteiger charge is -2.30. The monoisotopic (exact) mass is 164 g/mol. The lowest BCUT2D eigenvalue weighted by molar-refractivity contribution is 0.131. The Labute approximate surface area is 63.4 Å². The van der Waals surface area contributed by atoms with E-state index in [4.69, 9.17) is 0 Å². The van der Waals surface area contributed by atoms with Gasteiger partial charge < -0.3 is 10.2 Å². The van der Waals surface area contributed by atoms with Gasteiger partial charge in [0.15, 0.2) is 0 Å². The number of nitrogens with one attached hydrogen (secondary N) is 1. The summed E-state index contributed by atoms with van der Waals surface area (Å²) in [5.74, 6) is 0. The number of nitrogens with zero attached hydrogens (tertiary/aromatic N) is 1. The van der Waals surface area contributed by atoms with Crippen LogP contribution in [-0.4, -0.2) is 37.0 Å². The molecule has 64 valence electrons. The highest BCUT2D eigenvalue weighted by Gasteiger charge is 2.20. The summed E-state index contributed by atoms with van der Waals surface area (Å²) in [5.41, 5.74) is 0. The average Bonchev–Trinajstić information content (AvgIpc) is 1.79. The Kier molecular flexibility index (Phi) is 2.62. The van der Waals surface area contributed by atoms with Gasteiger partial charge in [0.2, 0.25) is 0 Å². The minimum Gasteiger partial charge on any atom is -0.332 e. The topological polar surface area (TPSA) is 32.3 Å². The minimum atomic E-state index is -2.46. The number of alkyl halides is 2. The van der Waals surface area contributed by atoms with E-state index in [2.05, 4.69) is 5.32 Å². The normalized spacial score (nSPS) is 16.5. The Bertz CT molecular complexity index is 148. The molecular formula is C6H10F2N2O. The Balaban J connectivity index is 2.10. The van der Waals surface area contributed by atoms with Crippen LogP contribution in [0.15, 0.2) is 0 Å². The summed E-state index contributed by atoms with van der Waals surface area (Å²) in [7, 11) is 0. The van der Waals surface area contributed by atoms with E-state index >= 15 is 0 Å². The summed E-state index contributed by atoms with van der Waals surface area (Å²) in [6, 6.07) is -0.378. The SMILES string of the molecule is O=C(NCC(F)F)N1CCC1. The highest BCUT2D eigenvalue weighted by Crippen LogP contribution is 2.04. The Hall–Kier alpha value is -0.870. The van der Waals surface area contributed by atoms with Gasteiger partial charge in [-0.05, 0) is 6.42 Å². The van der Waals surface area contributed by atoms with Crippen LogP contribution in [0, 0.1) is 0 Å². The van der Waals surface area contributed by atoms with Crippen molar-refractivity contribution in [1.82, 2.24) is 10.2 Å². The van der Waals surface area contributed by atoms with Crippen molar-refractivity contribution in [2.45, 2.75) is 12.8 Å². The molecule has 1 aliphatic rings. The molecule has 0 aromatic carbocycles. The van der Waals surface area contributed by atoms with E-state index in [1.165, 1.54) is 4.90 Å². The maximum absolute atomic E-state index is 11.5. The molecule has 1 saturated heterocycles. The van der Waals surface area contributed by atoms with Crippen LogP contribution in [0.2, 0.25) is 0 Å². The van der Waals surface area contributed by atoms with E-state index in [-0.39, 0.29) is 6.03 Å². The molecule has 5 heteroatoms. The van der Waals surface area contributed by atoms with Crippen LogP contribution >= 0.6 is 0 Å². The van der Waals surface area contributed by atoms with Crippen molar-refractivity contribution in [1.29, 1.82) is 0 Å².